The highest BCUT2D eigenvalue weighted by molar-refractivity contribution is 7.09. The van der Waals surface area contributed by atoms with Gasteiger partial charge in [-0.15, -0.1) is 22.9 Å². The molecule has 2 rings (SSSR count). The van der Waals surface area contributed by atoms with E-state index in [4.69, 9.17) is 11.6 Å². The molecule has 1 saturated carbocycles. The van der Waals surface area contributed by atoms with Gasteiger partial charge >= 0.3 is 0 Å². The first-order valence-corrected chi connectivity index (χ1v) is 6.32. The molecule has 1 aromatic heterocycles. The van der Waals surface area contributed by atoms with Crippen LogP contribution in [0.2, 0.25) is 0 Å². The van der Waals surface area contributed by atoms with E-state index in [9.17, 15) is 0 Å². The van der Waals surface area contributed by atoms with Gasteiger partial charge in [-0.25, -0.2) is 0 Å². The second-order valence-electron chi connectivity index (χ2n) is 3.91. The van der Waals surface area contributed by atoms with E-state index in [0.717, 1.165) is 12.3 Å². The van der Waals surface area contributed by atoms with Crippen molar-refractivity contribution in [2.45, 2.75) is 37.5 Å². The van der Waals surface area contributed by atoms with Crippen molar-refractivity contribution in [1.82, 2.24) is 0 Å². The molecule has 0 bridgehead atoms. The zero-order valence-corrected chi connectivity index (χ0v) is 9.28. The molecule has 2 heteroatoms. The summed E-state index contributed by atoms with van der Waals surface area (Å²) in [5, 5.41) is 2.49. The average molecular weight is 215 g/mol. The molecule has 1 aliphatic carbocycles. The van der Waals surface area contributed by atoms with Crippen LogP contribution in [0.5, 0.6) is 0 Å². The Hall–Kier alpha value is -0.0100. The Kier molecular flexibility index (Phi) is 3.28. The first-order chi connectivity index (χ1) is 6.34. The smallest absolute Gasteiger partial charge is 0.0386 e. The van der Waals surface area contributed by atoms with Crippen molar-refractivity contribution in [3.05, 3.63) is 22.4 Å². The highest BCUT2D eigenvalue weighted by Crippen LogP contribution is 2.32. The first-order valence-electron chi connectivity index (χ1n) is 5.01. The molecule has 1 aliphatic rings. The monoisotopic (exact) mass is 214 g/mol. The maximum absolute atomic E-state index is 6.29. The van der Waals surface area contributed by atoms with Crippen LogP contribution in [0.25, 0.3) is 0 Å². The number of alkyl halides is 1. The first kappa shape index (κ1) is 9.54. The average Bonchev–Trinajstić information content (AvgIpc) is 2.49. The third-order valence-electron chi connectivity index (χ3n) is 2.82. The second kappa shape index (κ2) is 4.47. The van der Waals surface area contributed by atoms with Gasteiger partial charge in [-0.05, 0) is 30.2 Å². The molecule has 0 spiro atoms. The van der Waals surface area contributed by atoms with Gasteiger partial charge in [0.25, 0.3) is 0 Å². The second-order valence-corrected chi connectivity index (χ2v) is 5.56. The largest absolute Gasteiger partial charge is 0.149 e. The molecule has 1 atom stereocenters. The molecule has 1 aromatic rings. The number of hydrogen-bond donors (Lipinski definition) is 0. The summed E-state index contributed by atoms with van der Waals surface area (Å²) >= 11 is 8.11. The van der Waals surface area contributed by atoms with Crippen molar-refractivity contribution >= 4 is 22.9 Å². The van der Waals surface area contributed by atoms with Gasteiger partial charge in [0, 0.05) is 10.3 Å². The van der Waals surface area contributed by atoms with Crippen LogP contribution in [-0.4, -0.2) is 5.38 Å². The molecular weight excluding hydrogens is 200 g/mol. The van der Waals surface area contributed by atoms with E-state index in [2.05, 4.69) is 17.5 Å². The Morgan fingerprint density at radius 1 is 1.54 bits per heavy atom. The molecule has 0 N–H and O–H groups in total. The molecule has 0 nitrogen and oxygen atoms in total. The summed E-state index contributed by atoms with van der Waals surface area (Å²) in [5.74, 6) is 0.933. The quantitative estimate of drug-likeness (QED) is 0.663. The van der Waals surface area contributed by atoms with Gasteiger partial charge in [0.05, 0.1) is 0 Å². The maximum Gasteiger partial charge on any atom is 0.0386 e. The van der Waals surface area contributed by atoms with Crippen LogP contribution in [0.15, 0.2) is 17.5 Å². The molecule has 72 valence electrons. The third kappa shape index (κ3) is 2.72. The predicted molar refractivity (Wildman–Crippen MR) is 59.6 cm³/mol. The molecule has 0 saturated heterocycles. The zero-order chi connectivity index (χ0) is 9.10. The Labute approximate surface area is 88.9 Å². The van der Waals surface area contributed by atoms with Crippen molar-refractivity contribution in [2.24, 2.45) is 5.92 Å². The highest BCUT2D eigenvalue weighted by atomic mass is 35.5. The van der Waals surface area contributed by atoms with Crippen LogP contribution < -0.4 is 0 Å². The summed E-state index contributed by atoms with van der Waals surface area (Å²) in [6, 6.07) is 4.29. The molecule has 0 aromatic carbocycles. The minimum Gasteiger partial charge on any atom is -0.149 e. The van der Waals surface area contributed by atoms with E-state index < -0.39 is 0 Å². The van der Waals surface area contributed by atoms with Crippen LogP contribution in [0.3, 0.4) is 0 Å². The van der Waals surface area contributed by atoms with E-state index in [1.165, 1.54) is 30.6 Å². The Morgan fingerprint density at radius 2 is 2.38 bits per heavy atom. The number of thiophene rings is 1. The molecule has 13 heavy (non-hydrogen) atoms. The van der Waals surface area contributed by atoms with E-state index >= 15 is 0 Å². The summed E-state index contributed by atoms with van der Waals surface area (Å²) in [4.78, 5) is 1.43. The van der Waals surface area contributed by atoms with Gasteiger partial charge in [0.15, 0.2) is 0 Å². The lowest BCUT2D eigenvalue weighted by Crippen LogP contribution is -2.17. The van der Waals surface area contributed by atoms with Crippen LogP contribution >= 0.6 is 22.9 Å². The Balaban J connectivity index is 1.74. The van der Waals surface area contributed by atoms with Gasteiger partial charge in [-0.2, -0.15) is 0 Å². The van der Waals surface area contributed by atoms with Crippen LogP contribution in [0.4, 0.5) is 0 Å². The third-order valence-corrected chi connectivity index (χ3v) is 4.05. The summed E-state index contributed by atoms with van der Waals surface area (Å²) in [6.07, 6.45) is 6.53. The summed E-state index contributed by atoms with van der Waals surface area (Å²) in [6.45, 7) is 0. The van der Waals surface area contributed by atoms with Crippen molar-refractivity contribution in [3.63, 3.8) is 0 Å². The number of rotatable bonds is 4. The van der Waals surface area contributed by atoms with Crippen molar-refractivity contribution in [3.8, 4) is 0 Å². The lowest BCUT2D eigenvalue weighted by Gasteiger charge is -2.27. The lowest BCUT2D eigenvalue weighted by molar-refractivity contribution is 0.292. The molecule has 1 fully saturated rings. The fourth-order valence-electron chi connectivity index (χ4n) is 1.82. The van der Waals surface area contributed by atoms with Crippen LogP contribution in [-0.2, 0) is 6.42 Å². The van der Waals surface area contributed by atoms with Crippen LogP contribution in [0, 0.1) is 5.92 Å². The zero-order valence-electron chi connectivity index (χ0n) is 7.71. The fraction of sp³-hybridized carbons (Fsp3) is 0.636. The van der Waals surface area contributed by atoms with Crippen molar-refractivity contribution in [2.75, 3.05) is 0 Å². The number of halogens is 1. The van der Waals surface area contributed by atoms with E-state index in [1.807, 2.05) is 11.3 Å². The van der Waals surface area contributed by atoms with Gasteiger partial charge in [0.2, 0.25) is 0 Å². The maximum atomic E-state index is 6.29. The lowest BCUT2D eigenvalue weighted by atomic mass is 9.81. The topological polar surface area (TPSA) is 0 Å². The molecule has 1 heterocycles. The van der Waals surface area contributed by atoms with Gasteiger partial charge in [-0.1, -0.05) is 25.3 Å². The minimum atomic E-state index is 0.365. The fourth-order valence-corrected chi connectivity index (χ4v) is 3.12. The van der Waals surface area contributed by atoms with Gasteiger partial charge < -0.3 is 0 Å². The molecule has 0 aliphatic heterocycles. The SMILES string of the molecule is ClC(Cc1cccs1)CC1CCC1. The van der Waals surface area contributed by atoms with Gasteiger partial charge in [0.1, 0.15) is 0 Å². The normalized spacial score (nSPS) is 19.8. The van der Waals surface area contributed by atoms with Gasteiger partial charge in [-0.3, -0.25) is 0 Å². The van der Waals surface area contributed by atoms with E-state index in [1.54, 1.807) is 0 Å². The Bertz CT molecular complexity index is 239. The summed E-state index contributed by atoms with van der Waals surface area (Å²) in [5.41, 5.74) is 0. The molecule has 0 radical (unpaired) electrons. The Morgan fingerprint density at radius 3 is 2.92 bits per heavy atom. The predicted octanol–water partition coefficient (Wildman–Crippen LogP) is 4.09. The molecule has 0 amide bonds. The molecule has 1 unspecified atom stereocenters. The standard InChI is InChI=1S/C11H15ClS/c12-10(7-9-3-1-4-9)8-11-5-2-6-13-11/h2,5-6,9-10H,1,3-4,7-8H2. The van der Waals surface area contributed by atoms with Crippen molar-refractivity contribution < 1.29 is 0 Å². The summed E-state index contributed by atoms with van der Waals surface area (Å²) < 4.78 is 0. The molecular formula is C11H15ClS. The highest BCUT2D eigenvalue weighted by Gasteiger charge is 2.21. The van der Waals surface area contributed by atoms with E-state index in [0.29, 0.717) is 5.38 Å². The summed E-state index contributed by atoms with van der Waals surface area (Å²) in [7, 11) is 0. The van der Waals surface area contributed by atoms with Crippen molar-refractivity contribution in [1.29, 1.82) is 0 Å². The minimum absolute atomic E-state index is 0.365. The van der Waals surface area contributed by atoms with Crippen LogP contribution in [0.1, 0.15) is 30.6 Å². The number of hydrogen-bond acceptors (Lipinski definition) is 1. The van der Waals surface area contributed by atoms with E-state index in [-0.39, 0.29) is 0 Å².